The van der Waals surface area contributed by atoms with Gasteiger partial charge in [0.25, 0.3) is 0 Å². The minimum Gasteiger partial charge on any atom is -0.269 e. The van der Waals surface area contributed by atoms with Crippen LogP contribution >= 0.6 is 37.9 Å². The van der Waals surface area contributed by atoms with Crippen LogP contribution in [0.25, 0.3) is 0 Å². The Morgan fingerprint density at radius 1 is 0.389 bits per heavy atom. The minimum atomic E-state index is 0. The van der Waals surface area contributed by atoms with Crippen LogP contribution in [0.5, 0.6) is 0 Å². The van der Waals surface area contributed by atoms with Crippen LogP contribution < -0.4 is 0 Å². The summed E-state index contributed by atoms with van der Waals surface area (Å²) in [6.07, 6.45) is 11.2. The fourth-order valence-corrected chi connectivity index (χ4v) is 3.52. The van der Waals surface area contributed by atoms with Crippen LogP contribution in [-0.2, 0) is 19.3 Å². The molecule has 6 heteroatoms. The van der Waals surface area contributed by atoms with E-state index < -0.39 is 0 Å². The fourth-order valence-electron chi connectivity index (χ4n) is 3.11. The highest BCUT2D eigenvalue weighted by molar-refractivity contribution is 7.80. The molecule has 0 aliphatic carbocycles. The first-order valence-corrected chi connectivity index (χ1v) is 13.5. The Morgan fingerprint density at radius 3 is 0.750 bits per heavy atom. The second-order valence-electron chi connectivity index (χ2n) is 8.24. The Hall–Kier alpha value is -1.89. The maximum Gasteiger partial charge on any atom is 0.0377 e. The predicted octanol–water partition coefficient (Wildman–Crippen LogP) is 11.2. The van der Waals surface area contributed by atoms with Gasteiger partial charge in [0.05, 0.1) is 0 Å². The summed E-state index contributed by atoms with van der Waals surface area (Å²) in [7, 11) is 0. The van der Waals surface area contributed by atoms with Gasteiger partial charge in [-0.3, -0.25) is 14.1 Å². The van der Waals surface area contributed by atoms with Crippen molar-refractivity contribution in [3.8, 4) is 0 Å². The van der Waals surface area contributed by atoms with Crippen molar-refractivity contribution in [2.75, 3.05) is 0 Å². The smallest absolute Gasteiger partial charge is 0.0377 e. The van der Waals surface area contributed by atoms with Crippen molar-refractivity contribution >= 4 is 37.9 Å². The number of aryl methyl sites for hydroxylation is 3. The van der Waals surface area contributed by atoms with Crippen molar-refractivity contribution in [1.82, 2.24) is 0 Å². The Balaban J connectivity index is -0.000000436. The average molecular weight is 556 g/mol. The third-order valence-corrected chi connectivity index (χ3v) is 6.04. The highest BCUT2D eigenvalue weighted by atomic mass is 32.1. The van der Waals surface area contributed by atoms with Crippen molar-refractivity contribution < 1.29 is 14.1 Å². The molecule has 0 N–H and O–H groups in total. The first-order valence-electron chi connectivity index (χ1n) is 12.3. The van der Waals surface area contributed by atoms with Crippen LogP contribution in [-0.4, -0.2) is 0 Å². The molecule has 0 amide bonds. The molecular weight excluding hydrogens is 514 g/mol. The fraction of sp³-hybridized carbons (Fsp3) is 0.400. The van der Waals surface area contributed by atoms with Crippen molar-refractivity contribution in [3.63, 3.8) is 0 Å². The Labute approximate surface area is 234 Å². The number of hydrogen-bond donors (Lipinski definition) is 0. The van der Waals surface area contributed by atoms with Gasteiger partial charge in [-0.05, 0) is 91.6 Å². The van der Waals surface area contributed by atoms with Gasteiger partial charge in [0.1, 0.15) is 0 Å². The molecule has 0 spiro atoms. The molecule has 3 aromatic carbocycles. The van der Waals surface area contributed by atoms with Gasteiger partial charge in [-0.25, -0.2) is 0 Å². The van der Waals surface area contributed by atoms with E-state index in [0.717, 1.165) is 14.7 Å². The molecule has 3 aromatic rings. The van der Waals surface area contributed by atoms with E-state index in [2.05, 4.69) is 57.2 Å². The number of benzene rings is 3. The van der Waals surface area contributed by atoms with Gasteiger partial charge in [0.15, 0.2) is 0 Å². The molecular formula is C30H42F3S3. The quantitative estimate of drug-likeness (QED) is 0.246. The molecule has 0 atom stereocenters. The Bertz CT molecular complexity index is 734. The van der Waals surface area contributed by atoms with E-state index in [-0.39, 0.29) is 14.1 Å². The lowest BCUT2D eigenvalue weighted by Gasteiger charge is -1.98. The van der Waals surface area contributed by atoms with E-state index >= 15 is 0 Å². The number of rotatable bonds is 9. The van der Waals surface area contributed by atoms with Crippen molar-refractivity contribution in [1.29, 1.82) is 0 Å². The van der Waals surface area contributed by atoms with Crippen LogP contribution in [0.15, 0.2) is 87.5 Å². The van der Waals surface area contributed by atoms with E-state index in [9.17, 15) is 0 Å². The van der Waals surface area contributed by atoms with Crippen molar-refractivity contribution in [2.24, 2.45) is 0 Å². The molecule has 0 heterocycles. The summed E-state index contributed by atoms with van der Waals surface area (Å²) in [5.41, 5.74) is 4.21. The second kappa shape index (κ2) is 24.8. The third-order valence-electron chi connectivity index (χ3n) is 5.23. The molecule has 0 aromatic heterocycles. The summed E-state index contributed by atoms with van der Waals surface area (Å²) in [5, 5.41) is 0. The topological polar surface area (TPSA) is 0 Å². The van der Waals surface area contributed by atoms with Gasteiger partial charge >= 0.3 is 0 Å². The summed E-state index contributed by atoms with van der Waals surface area (Å²) in [4.78, 5) is 2.81. The zero-order chi connectivity index (χ0) is 24.3. The number of hydrogen-bond acceptors (Lipinski definition) is 0. The number of halogens is 3. The monoisotopic (exact) mass is 555 g/mol. The second-order valence-corrected chi connectivity index (χ2v) is 9.66. The first-order chi connectivity index (χ1) is 16.0. The zero-order valence-electron chi connectivity index (χ0n) is 21.7. The van der Waals surface area contributed by atoms with E-state index in [0.29, 0.717) is 0 Å². The maximum atomic E-state index is 4.98. The summed E-state index contributed by atoms with van der Waals surface area (Å²) >= 11 is 15.0. The number of unbranched alkanes of at least 4 members (excludes halogenated alkanes) is 3. The molecule has 0 aliphatic rings. The van der Waals surface area contributed by atoms with E-state index in [4.69, 9.17) is 37.9 Å². The Morgan fingerprint density at radius 2 is 0.583 bits per heavy atom. The lowest BCUT2D eigenvalue weighted by Crippen LogP contribution is -1.82. The van der Waals surface area contributed by atoms with Crippen LogP contribution in [0.3, 0.4) is 0 Å². The molecule has 0 saturated heterocycles. The van der Waals surface area contributed by atoms with Gasteiger partial charge in [0.2, 0.25) is 0 Å². The van der Waals surface area contributed by atoms with Crippen molar-refractivity contribution in [3.05, 3.63) is 89.5 Å². The highest BCUT2D eigenvalue weighted by Gasteiger charge is 1.92. The minimum absolute atomic E-state index is 0. The summed E-state index contributed by atoms with van der Waals surface area (Å²) in [6, 6.07) is 24.7. The van der Waals surface area contributed by atoms with Crippen LogP contribution in [0.1, 0.15) is 76.0 Å². The summed E-state index contributed by atoms with van der Waals surface area (Å²) < 4.78 is 0. The zero-order valence-corrected chi connectivity index (χ0v) is 24.2. The van der Waals surface area contributed by atoms with Gasteiger partial charge < -0.3 is 0 Å². The summed E-state index contributed by atoms with van der Waals surface area (Å²) in [6.45, 7) is 6.63. The normalized spacial score (nSPS) is 9.08. The maximum absolute atomic E-state index is 4.98. The highest BCUT2D eigenvalue weighted by Crippen LogP contribution is 2.11. The molecule has 0 fully saturated rings. The molecule has 3 rings (SSSR count). The molecule has 3 radical (unpaired) electrons. The summed E-state index contributed by atoms with van der Waals surface area (Å²) in [5.74, 6) is 0. The van der Waals surface area contributed by atoms with Gasteiger partial charge in [0, 0.05) is 14.7 Å². The van der Waals surface area contributed by atoms with Crippen LogP contribution in [0.2, 0.25) is 0 Å². The van der Waals surface area contributed by atoms with Crippen molar-refractivity contribution in [2.45, 2.75) is 93.2 Å². The first kappa shape index (κ1) is 38.6. The largest absolute Gasteiger partial charge is 0.269 e. The molecule has 0 bridgehead atoms. The predicted molar refractivity (Wildman–Crippen MR) is 160 cm³/mol. The molecule has 201 valence electrons. The molecule has 0 saturated carbocycles. The SMILES string of the molecule is CCCCc1ccc([S])cc1.CCCCc1ccc([S])cc1.CCCCc1ccc([S])cc1.F.F.F. The van der Waals surface area contributed by atoms with Gasteiger partial charge in [-0.1, -0.05) is 114 Å². The van der Waals surface area contributed by atoms with Gasteiger partial charge in [-0.2, -0.15) is 0 Å². The standard InChI is InChI=1S/3C10H13S.3FH/c3*1-2-3-4-9-5-7-10(11)8-6-9;;;/h3*5-8H,2-4H2,1H3;3*1H. The lowest BCUT2D eigenvalue weighted by atomic mass is 10.1. The lowest BCUT2D eigenvalue weighted by molar-refractivity contribution is 0.794. The molecule has 0 unspecified atom stereocenters. The van der Waals surface area contributed by atoms with Crippen LogP contribution in [0, 0.1) is 0 Å². The van der Waals surface area contributed by atoms with Crippen LogP contribution in [0.4, 0.5) is 14.1 Å². The average Bonchev–Trinajstić information content (AvgIpc) is 2.84. The van der Waals surface area contributed by atoms with E-state index in [1.54, 1.807) is 0 Å². The van der Waals surface area contributed by atoms with E-state index in [1.165, 1.54) is 74.5 Å². The van der Waals surface area contributed by atoms with E-state index in [1.807, 2.05) is 36.4 Å². The Kier molecular flexibility index (Phi) is 26.6. The molecule has 0 aliphatic heterocycles. The third kappa shape index (κ3) is 19.3. The molecule has 36 heavy (non-hydrogen) atoms. The van der Waals surface area contributed by atoms with Gasteiger partial charge in [-0.15, -0.1) is 0 Å². The molecule has 0 nitrogen and oxygen atoms in total.